The molecule has 0 saturated heterocycles. The SMILES string of the molecule is CCc1cc(-c2ccc(S(=O)(=O)F)cc2)nc2ccccc12. The van der Waals surface area contributed by atoms with Gasteiger partial charge in [-0.3, -0.25) is 0 Å². The standard InChI is InChI=1S/C17H14FNO2S/c1-2-12-11-17(19-16-6-4-3-5-15(12)16)13-7-9-14(10-8-13)22(18,20)21/h3-11H,2H2,1H3. The second kappa shape index (κ2) is 5.50. The minimum atomic E-state index is -4.67. The van der Waals surface area contributed by atoms with Crippen LogP contribution in [0.4, 0.5) is 3.89 Å². The van der Waals surface area contributed by atoms with E-state index >= 15 is 0 Å². The lowest BCUT2D eigenvalue weighted by Crippen LogP contribution is -1.93. The lowest BCUT2D eigenvalue weighted by atomic mass is 10.0. The summed E-state index contributed by atoms with van der Waals surface area (Å²) in [5.74, 6) is 0. The van der Waals surface area contributed by atoms with Gasteiger partial charge in [-0.15, -0.1) is 3.89 Å². The number of para-hydroxylation sites is 1. The maximum atomic E-state index is 12.9. The van der Waals surface area contributed by atoms with Gasteiger partial charge in [0.25, 0.3) is 0 Å². The number of rotatable bonds is 3. The monoisotopic (exact) mass is 315 g/mol. The average Bonchev–Trinajstić information content (AvgIpc) is 2.53. The number of halogens is 1. The highest BCUT2D eigenvalue weighted by molar-refractivity contribution is 7.86. The van der Waals surface area contributed by atoms with Crippen LogP contribution in [-0.2, 0) is 16.6 Å². The molecule has 0 radical (unpaired) electrons. The number of pyridine rings is 1. The summed E-state index contributed by atoms with van der Waals surface area (Å²) in [4.78, 5) is 4.26. The minimum Gasteiger partial charge on any atom is -0.248 e. The molecule has 1 aromatic heterocycles. The third-order valence-corrected chi connectivity index (χ3v) is 4.45. The lowest BCUT2D eigenvalue weighted by Gasteiger charge is -2.08. The Morgan fingerprint density at radius 2 is 1.73 bits per heavy atom. The van der Waals surface area contributed by atoms with Crippen molar-refractivity contribution in [2.24, 2.45) is 0 Å². The van der Waals surface area contributed by atoms with Gasteiger partial charge in [-0.25, -0.2) is 4.98 Å². The summed E-state index contributed by atoms with van der Waals surface area (Å²) in [5.41, 5.74) is 3.56. The topological polar surface area (TPSA) is 47.0 Å². The summed E-state index contributed by atoms with van der Waals surface area (Å²) in [7, 11) is -4.67. The Morgan fingerprint density at radius 3 is 2.36 bits per heavy atom. The molecule has 3 aromatic rings. The number of hydrogen-bond donors (Lipinski definition) is 0. The van der Waals surface area contributed by atoms with E-state index in [2.05, 4.69) is 11.9 Å². The summed E-state index contributed by atoms with van der Waals surface area (Å²) in [6.45, 7) is 2.07. The Morgan fingerprint density at radius 1 is 1.05 bits per heavy atom. The molecule has 1 heterocycles. The number of hydrogen-bond acceptors (Lipinski definition) is 3. The van der Waals surface area contributed by atoms with Crippen molar-refractivity contribution >= 4 is 21.1 Å². The molecule has 0 atom stereocenters. The van der Waals surface area contributed by atoms with Gasteiger partial charge >= 0.3 is 10.2 Å². The van der Waals surface area contributed by atoms with Gasteiger partial charge in [0.15, 0.2) is 0 Å². The van der Waals surface area contributed by atoms with Gasteiger partial charge in [0, 0.05) is 10.9 Å². The Kier molecular flexibility index (Phi) is 3.66. The fraction of sp³-hybridized carbons (Fsp3) is 0.118. The first-order valence-electron chi connectivity index (χ1n) is 6.93. The predicted octanol–water partition coefficient (Wildman–Crippen LogP) is 4.12. The van der Waals surface area contributed by atoms with Crippen LogP contribution in [0.5, 0.6) is 0 Å². The van der Waals surface area contributed by atoms with Crippen molar-refractivity contribution in [3.8, 4) is 11.3 Å². The summed E-state index contributed by atoms with van der Waals surface area (Å²) in [6, 6.07) is 15.5. The quantitative estimate of drug-likeness (QED) is 0.683. The maximum Gasteiger partial charge on any atom is 0.332 e. The van der Waals surface area contributed by atoms with Crippen molar-refractivity contribution in [2.45, 2.75) is 18.2 Å². The zero-order chi connectivity index (χ0) is 15.7. The molecule has 2 aromatic carbocycles. The van der Waals surface area contributed by atoms with E-state index in [9.17, 15) is 12.3 Å². The van der Waals surface area contributed by atoms with Crippen LogP contribution in [0.1, 0.15) is 12.5 Å². The molecule has 0 fully saturated rings. The summed E-state index contributed by atoms with van der Waals surface area (Å²) in [6.07, 6.45) is 0.868. The largest absolute Gasteiger partial charge is 0.332 e. The van der Waals surface area contributed by atoms with E-state index in [-0.39, 0.29) is 4.90 Å². The highest BCUT2D eigenvalue weighted by Crippen LogP contribution is 2.26. The van der Waals surface area contributed by atoms with Crippen LogP contribution in [0, 0.1) is 0 Å². The first-order valence-corrected chi connectivity index (χ1v) is 8.31. The predicted molar refractivity (Wildman–Crippen MR) is 84.9 cm³/mol. The van der Waals surface area contributed by atoms with Gasteiger partial charge in [0.05, 0.1) is 16.1 Å². The fourth-order valence-corrected chi connectivity index (χ4v) is 2.94. The van der Waals surface area contributed by atoms with E-state index in [4.69, 9.17) is 0 Å². The zero-order valence-corrected chi connectivity index (χ0v) is 12.8. The zero-order valence-electron chi connectivity index (χ0n) is 12.0. The molecule has 112 valence electrons. The molecule has 0 N–H and O–H groups in total. The van der Waals surface area contributed by atoms with Crippen molar-refractivity contribution in [3.05, 3.63) is 60.2 Å². The van der Waals surface area contributed by atoms with Crippen molar-refractivity contribution in [1.82, 2.24) is 4.98 Å². The van der Waals surface area contributed by atoms with Crippen LogP contribution < -0.4 is 0 Å². The van der Waals surface area contributed by atoms with E-state index in [1.807, 2.05) is 30.3 Å². The smallest absolute Gasteiger partial charge is 0.248 e. The molecule has 0 aliphatic heterocycles. The van der Waals surface area contributed by atoms with E-state index in [1.54, 1.807) is 12.1 Å². The van der Waals surface area contributed by atoms with Crippen LogP contribution in [0.3, 0.4) is 0 Å². The number of fused-ring (bicyclic) bond motifs is 1. The van der Waals surface area contributed by atoms with Gasteiger partial charge in [-0.2, -0.15) is 8.42 Å². The van der Waals surface area contributed by atoms with Gasteiger partial charge in [-0.1, -0.05) is 37.3 Å². The Bertz CT molecular complexity index is 935. The second-order valence-corrected chi connectivity index (χ2v) is 6.35. The lowest BCUT2D eigenvalue weighted by molar-refractivity contribution is 0.552. The van der Waals surface area contributed by atoms with Gasteiger partial charge in [-0.05, 0) is 36.2 Å². The molecule has 5 heteroatoms. The van der Waals surface area contributed by atoms with E-state index in [0.717, 1.165) is 28.6 Å². The first kappa shape index (κ1) is 14.7. The van der Waals surface area contributed by atoms with Crippen molar-refractivity contribution in [1.29, 1.82) is 0 Å². The van der Waals surface area contributed by atoms with Crippen LogP contribution in [-0.4, -0.2) is 13.4 Å². The van der Waals surface area contributed by atoms with Crippen molar-refractivity contribution in [3.63, 3.8) is 0 Å². The number of aryl methyl sites for hydroxylation is 1. The first-order chi connectivity index (χ1) is 10.5. The Labute approximate surface area is 128 Å². The normalized spacial score (nSPS) is 11.7. The van der Waals surface area contributed by atoms with Crippen LogP contribution in [0.2, 0.25) is 0 Å². The van der Waals surface area contributed by atoms with Gasteiger partial charge in [0.2, 0.25) is 0 Å². The highest BCUT2D eigenvalue weighted by Gasteiger charge is 2.12. The van der Waals surface area contributed by atoms with E-state index in [0.29, 0.717) is 0 Å². The molecule has 0 saturated carbocycles. The molecule has 0 aliphatic rings. The molecular formula is C17H14FNO2S. The molecule has 0 spiro atoms. The van der Waals surface area contributed by atoms with Gasteiger partial charge < -0.3 is 0 Å². The summed E-state index contributed by atoms with van der Waals surface area (Å²) in [5, 5.41) is 1.11. The second-order valence-electron chi connectivity index (χ2n) is 5.00. The Hall–Kier alpha value is -2.27. The third-order valence-electron chi connectivity index (χ3n) is 3.61. The highest BCUT2D eigenvalue weighted by atomic mass is 32.3. The molecular weight excluding hydrogens is 301 g/mol. The summed E-state index contributed by atoms with van der Waals surface area (Å²) < 4.78 is 34.7. The maximum absolute atomic E-state index is 12.9. The molecule has 22 heavy (non-hydrogen) atoms. The molecule has 0 unspecified atom stereocenters. The van der Waals surface area contributed by atoms with Crippen molar-refractivity contribution < 1.29 is 12.3 Å². The van der Waals surface area contributed by atoms with Gasteiger partial charge in [0.1, 0.15) is 0 Å². The average molecular weight is 315 g/mol. The number of aromatic nitrogens is 1. The van der Waals surface area contributed by atoms with Crippen LogP contribution in [0.25, 0.3) is 22.2 Å². The Balaban J connectivity index is 2.14. The molecule has 3 nitrogen and oxygen atoms in total. The molecule has 0 amide bonds. The number of nitrogens with zero attached hydrogens (tertiary/aromatic N) is 1. The summed E-state index contributed by atoms with van der Waals surface area (Å²) >= 11 is 0. The minimum absolute atomic E-state index is 0.340. The van der Waals surface area contributed by atoms with Crippen molar-refractivity contribution in [2.75, 3.05) is 0 Å². The molecule has 0 aliphatic carbocycles. The molecule has 0 bridgehead atoms. The fourth-order valence-electron chi connectivity index (χ4n) is 2.48. The third kappa shape index (κ3) is 2.72. The number of benzene rings is 2. The molecule has 3 rings (SSSR count). The van der Waals surface area contributed by atoms with Crippen LogP contribution >= 0.6 is 0 Å². The van der Waals surface area contributed by atoms with E-state index in [1.165, 1.54) is 17.7 Å². The van der Waals surface area contributed by atoms with Crippen LogP contribution in [0.15, 0.2) is 59.5 Å². The van der Waals surface area contributed by atoms with E-state index < -0.39 is 10.2 Å².